The number of rotatable bonds is 7. The van der Waals surface area contributed by atoms with Gasteiger partial charge in [-0.1, -0.05) is 31.2 Å². The summed E-state index contributed by atoms with van der Waals surface area (Å²) >= 11 is 0. The molecule has 2 N–H and O–H groups in total. The van der Waals surface area contributed by atoms with Crippen LogP contribution in [0.15, 0.2) is 48.7 Å². The van der Waals surface area contributed by atoms with Gasteiger partial charge in [0.2, 0.25) is 0 Å². The molecule has 3 rings (SSSR count). The minimum atomic E-state index is -0.672. The number of hydrogen-bond donors (Lipinski definition) is 2. The number of benzene rings is 2. The van der Waals surface area contributed by atoms with E-state index in [4.69, 9.17) is 0 Å². The van der Waals surface area contributed by atoms with Crippen molar-refractivity contribution in [2.45, 2.75) is 32.9 Å². The molecule has 0 bridgehead atoms. The third kappa shape index (κ3) is 4.40. The summed E-state index contributed by atoms with van der Waals surface area (Å²) in [5.41, 5.74) is 3.79. The SMILES string of the molecule is CC[C@@H](O)CNCc1cn(-c2ccc(F)cc2F)nc1-c1ccccc1C. The predicted octanol–water partition coefficient (Wildman–Crippen LogP) is 3.99. The largest absolute Gasteiger partial charge is 0.392 e. The minimum absolute atomic E-state index is 0.186. The van der Waals surface area contributed by atoms with Crippen LogP contribution in [0.2, 0.25) is 0 Å². The highest BCUT2D eigenvalue weighted by Crippen LogP contribution is 2.27. The molecule has 0 saturated carbocycles. The highest BCUT2D eigenvalue weighted by Gasteiger charge is 2.16. The Morgan fingerprint density at radius 1 is 1.19 bits per heavy atom. The predicted molar refractivity (Wildman–Crippen MR) is 102 cm³/mol. The van der Waals surface area contributed by atoms with Gasteiger partial charge in [-0.05, 0) is 31.0 Å². The summed E-state index contributed by atoms with van der Waals surface area (Å²) in [5.74, 6) is -1.30. The Morgan fingerprint density at radius 3 is 2.67 bits per heavy atom. The van der Waals surface area contributed by atoms with Gasteiger partial charge in [0.1, 0.15) is 11.5 Å². The van der Waals surface area contributed by atoms with Gasteiger partial charge in [0.15, 0.2) is 5.82 Å². The molecule has 0 fully saturated rings. The Bertz CT molecular complexity index is 924. The maximum atomic E-state index is 14.2. The van der Waals surface area contributed by atoms with Gasteiger partial charge in [0.25, 0.3) is 0 Å². The van der Waals surface area contributed by atoms with E-state index in [9.17, 15) is 13.9 Å². The van der Waals surface area contributed by atoms with Crippen LogP contribution in [0, 0.1) is 18.6 Å². The molecule has 1 aromatic heterocycles. The van der Waals surface area contributed by atoms with E-state index in [1.165, 1.54) is 16.8 Å². The van der Waals surface area contributed by atoms with Crippen molar-refractivity contribution in [1.82, 2.24) is 15.1 Å². The van der Waals surface area contributed by atoms with Crippen LogP contribution in [-0.4, -0.2) is 27.5 Å². The second kappa shape index (κ2) is 8.41. The summed E-state index contributed by atoms with van der Waals surface area (Å²) in [5, 5.41) is 17.5. The van der Waals surface area contributed by atoms with E-state index < -0.39 is 17.7 Å². The maximum Gasteiger partial charge on any atom is 0.151 e. The van der Waals surface area contributed by atoms with E-state index in [-0.39, 0.29) is 5.69 Å². The van der Waals surface area contributed by atoms with Crippen molar-refractivity contribution in [3.05, 3.63) is 71.4 Å². The maximum absolute atomic E-state index is 14.2. The van der Waals surface area contributed by atoms with Gasteiger partial charge >= 0.3 is 0 Å². The van der Waals surface area contributed by atoms with Crippen LogP contribution in [0.5, 0.6) is 0 Å². The summed E-state index contributed by atoms with van der Waals surface area (Å²) in [6.45, 7) is 4.84. The van der Waals surface area contributed by atoms with Crippen LogP contribution in [0.4, 0.5) is 8.78 Å². The number of nitrogens with one attached hydrogen (secondary N) is 1. The molecule has 0 spiro atoms. The van der Waals surface area contributed by atoms with E-state index in [1.807, 2.05) is 38.1 Å². The molecule has 0 aliphatic rings. The van der Waals surface area contributed by atoms with E-state index >= 15 is 0 Å². The van der Waals surface area contributed by atoms with Crippen LogP contribution in [0.1, 0.15) is 24.5 Å². The van der Waals surface area contributed by atoms with Gasteiger partial charge in [-0.15, -0.1) is 0 Å². The molecule has 0 radical (unpaired) electrons. The molecule has 4 nitrogen and oxygen atoms in total. The van der Waals surface area contributed by atoms with Crippen molar-refractivity contribution in [3.8, 4) is 16.9 Å². The lowest BCUT2D eigenvalue weighted by Gasteiger charge is -2.10. The quantitative estimate of drug-likeness (QED) is 0.660. The summed E-state index contributed by atoms with van der Waals surface area (Å²) in [6.07, 6.45) is 1.98. The van der Waals surface area contributed by atoms with Gasteiger partial charge < -0.3 is 10.4 Å². The fourth-order valence-electron chi connectivity index (χ4n) is 2.91. The summed E-state index contributed by atoms with van der Waals surface area (Å²) in [4.78, 5) is 0. The minimum Gasteiger partial charge on any atom is -0.392 e. The second-order valence-electron chi connectivity index (χ2n) is 6.55. The highest BCUT2D eigenvalue weighted by molar-refractivity contribution is 5.66. The van der Waals surface area contributed by atoms with Crippen LogP contribution < -0.4 is 5.32 Å². The number of nitrogens with zero attached hydrogens (tertiary/aromatic N) is 2. The molecule has 0 aliphatic carbocycles. The number of aryl methyl sites for hydroxylation is 1. The fourth-order valence-corrected chi connectivity index (χ4v) is 2.91. The average Bonchev–Trinajstić information content (AvgIpc) is 3.05. The number of halogens is 2. The normalized spacial score (nSPS) is 12.3. The van der Waals surface area contributed by atoms with E-state index in [1.54, 1.807) is 6.20 Å². The van der Waals surface area contributed by atoms with Gasteiger partial charge in [0.05, 0.1) is 11.8 Å². The molecule has 2 aromatic carbocycles. The monoisotopic (exact) mass is 371 g/mol. The van der Waals surface area contributed by atoms with E-state index in [2.05, 4.69) is 10.4 Å². The average molecular weight is 371 g/mol. The lowest BCUT2D eigenvalue weighted by molar-refractivity contribution is 0.167. The Kier molecular flexibility index (Phi) is 5.98. The third-order valence-corrected chi connectivity index (χ3v) is 4.51. The highest BCUT2D eigenvalue weighted by atomic mass is 19.1. The smallest absolute Gasteiger partial charge is 0.151 e. The van der Waals surface area contributed by atoms with Gasteiger partial charge in [0, 0.05) is 36.5 Å². The van der Waals surface area contributed by atoms with Crippen molar-refractivity contribution in [1.29, 1.82) is 0 Å². The zero-order valence-corrected chi connectivity index (χ0v) is 15.4. The first kappa shape index (κ1) is 19.2. The molecule has 1 atom stereocenters. The third-order valence-electron chi connectivity index (χ3n) is 4.51. The summed E-state index contributed by atoms with van der Waals surface area (Å²) in [6, 6.07) is 11.3. The Balaban J connectivity index is 1.99. The van der Waals surface area contributed by atoms with Crippen molar-refractivity contribution in [2.24, 2.45) is 0 Å². The molecule has 0 unspecified atom stereocenters. The molecular formula is C21H23F2N3O. The summed E-state index contributed by atoms with van der Waals surface area (Å²) < 4.78 is 28.9. The van der Waals surface area contributed by atoms with Crippen LogP contribution in [-0.2, 0) is 6.54 Å². The Hall–Kier alpha value is -2.57. The Morgan fingerprint density at radius 2 is 1.96 bits per heavy atom. The number of aliphatic hydroxyl groups excluding tert-OH is 1. The van der Waals surface area contributed by atoms with Crippen LogP contribution in [0.25, 0.3) is 16.9 Å². The molecule has 27 heavy (non-hydrogen) atoms. The molecule has 0 aliphatic heterocycles. The van der Waals surface area contributed by atoms with Gasteiger partial charge in [-0.3, -0.25) is 0 Å². The van der Waals surface area contributed by atoms with Crippen LogP contribution >= 0.6 is 0 Å². The van der Waals surface area contributed by atoms with Crippen molar-refractivity contribution in [3.63, 3.8) is 0 Å². The van der Waals surface area contributed by atoms with Crippen molar-refractivity contribution < 1.29 is 13.9 Å². The number of hydrogen-bond acceptors (Lipinski definition) is 3. The van der Waals surface area contributed by atoms with Gasteiger partial charge in [-0.25, -0.2) is 13.5 Å². The lowest BCUT2D eigenvalue weighted by Crippen LogP contribution is -2.25. The van der Waals surface area contributed by atoms with E-state index in [0.29, 0.717) is 19.5 Å². The van der Waals surface area contributed by atoms with Crippen LogP contribution in [0.3, 0.4) is 0 Å². The molecule has 6 heteroatoms. The zero-order valence-electron chi connectivity index (χ0n) is 15.4. The Labute approximate surface area is 157 Å². The summed E-state index contributed by atoms with van der Waals surface area (Å²) in [7, 11) is 0. The molecule has 142 valence electrons. The zero-order chi connectivity index (χ0) is 19.4. The number of aliphatic hydroxyl groups is 1. The molecular weight excluding hydrogens is 348 g/mol. The number of aromatic nitrogens is 2. The van der Waals surface area contributed by atoms with Crippen molar-refractivity contribution in [2.75, 3.05) is 6.54 Å². The first-order valence-corrected chi connectivity index (χ1v) is 8.98. The standard InChI is InChI=1S/C21H23F2N3O/c1-3-17(27)12-24-11-15-13-26(20-9-8-16(22)10-19(20)23)25-21(15)18-7-5-4-6-14(18)2/h4-10,13,17,24,27H,3,11-12H2,1-2H3/t17-/m1/s1. The van der Waals surface area contributed by atoms with E-state index in [0.717, 1.165) is 28.5 Å². The fraction of sp³-hybridized carbons (Fsp3) is 0.286. The first-order valence-electron chi connectivity index (χ1n) is 8.98. The molecule has 0 saturated heterocycles. The topological polar surface area (TPSA) is 50.1 Å². The second-order valence-corrected chi connectivity index (χ2v) is 6.55. The molecule has 3 aromatic rings. The lowest BCUT2D eigenvalue weighted by atomic mass is 10.0. The molecule has 1 heterocycles. The van der Waals surface area contributed by atoms with Gasteiger partial charge in [-0.2, -0.15) is 5.10 Å². The molecule has 0 amide bonds. The first-order chi connectivity index (χ1) is 13.0. The van der Waals surface area contributed by atoms with Crippen molar-refractivity contribution >= 4 is 0 Å².